The van der Waals surface area contributed by atoms with E-state index in [0.717, 1.165) is 12.1 Å². The van der Waals surface area contributed by atoms with Crippen LogP contribution in [-0.2, 0) is 0 Å². The fraction of sp³-hybridized carbons (Fsp3) is 0.538. The second-order valence-electron chi connectivity index (χ2n) is 3.93. The SMILES string of the molecule is CSCCCCN[C@@H](C)c1ccc(F)cc1. The van der Waals surface area contributed by atoms with Gasteiger partial charge in [-0.25, -0.2) is 4.39 Å². The van der Waals surface area contributed by atoms with Gasteiger partial charge in [0.15, 0.2) is 0 Å². The van der Waals surface area contributed by atoms with Crippen LogP contribution in [0.1, 0.15) is 31.4 Å². The third kappa shape index (κ3) is 4.99. The summed E-state index contributed by atoms with van der Waals surface area (Å²) in [5.41, 5.74) is 1.14. The Morgan fingerprint density at radius 2 is 1.94 bits per heavy atom. The molecular formula is C13H20FNS. The normalized spacial score (nSPS) is 12.7. The van der Waals surface area contributed by atoms with Gasteiger partial charge in [0.1, 0.15) is 5.82 Å². The van der Waals surface area contributed by atoms with Crippen LogP contribution in [0.3, 0.4) is 0 Å². The van der Waals surface area contributed by atoms with Crippen molar-refractivity contribution in [2.24, 2.45) is 0 Å². The van der Waals surface area contributed by atoms with Gasteiger partial charge >= 0.3 is 0 Å². The zero-order chi connectivity index (χ0) is 11.8. The van der Waals surface area contributed by atoms with Crippen LogP contribution in [0.5, 0.6) is 0 Å². The molecule has 1 aromatic carbocycles. The zero-order valence-corrected chi connectivity index (χ0v) is 10.8. The summed E-state index contributed by atoms with van der Waals surface area (Å²) in [5, 5.41) is 3.45. The summed E-state index contributed by atoms with van der Waals surface area (Å²) in [7, 11) is 0. The number of rotatable bonds is 7. The van der Waals surface area contributed by atoms with E-state index in [0.29, 0.717) is 6.04 Å². The highest BCUT2D eigenvalue weighted by molar-refractivity contribution is 7.98. The first-order chi connectivity index (χ1) is 7.74. The van der Waals surface area contributed by atoms with E-state index in [-0.39, 0.29) is 5.82 Å². The molecule has 0 aliphatic carbocycles. The molecule has 0 aliphatic heterocycles. The number of benzene rings is 1. The van der Waals surface area contributed by atoms with Crippen molar-refractivity contribution >= 4 is 11.8 Å². The van der Waals surface area contributed by atoms with E-state index in [9.17, 15) is 4.39 Å². The van der Waals surface area contributed by atoms with Crippen LogP contribution < -0.4 is 5.32 Å². The van der Waals surface area contributed by atoms with E-state index in [1.807, 2.05) is 23.9 Å². The Labute approximate surface area is 102 Å². The first-order valence-corrected chi connectivity index (χ1v) is 7.11. The fourth-order valence-corrected chi connectivity index (χ4v) is 2.05. The molecule has 0 bridgehead atoms. The van der Waals surface area contributed by atoms with Gasteiger partial charge in [0.25, 0.3) is 0 Å². The second-order valence-corrected chi connectivity index (χ2v) is 4.91. The number of halogens is 1. The lowest BCUT2D eigenvalue weighted by atomic mass is 10.1. The highest BCUT2D eigenvalue weighted by Gasteiger charge is 2.03. The molecule has 3 heteroatoms. The molecule has 0 aromatic heterocycles. The van der Waals surface area contributed by atoms with Crippen molar-refractivity contribution in [1.29, 1.82) is 0 Å². The Morgan fingerprint density at radius 3 is 2.56 bits per heavy atom. The average Bonchev–Trinajstić information content (AvgIpc) is 2.29. The van der Waals surface area contributed by atoms with E-state index in [2.05, 4.69) is 18.5 Å². The van der Waals surface area contributed by atoms with Gasteiger partial charge in [-0.2, -0.15) is 11.8 Å². The first-order valence-electron chi connectivity index (χ1n) is 5.72. The minimum absolute atomic E-state index is 0.170. The molecule has 90 valence electrons. The largest absolute Gasteiger partial charge is 0.310 e. The Kier molecular flexibility index (Phi) is 6.50. The van der Waals surface area contributed by atoms with Gasteiger partial charge < -0.3 is 5.32 Å². The first kappa shape index (κ1) is 13.5. The molecule has 1 N–H and O–H groups in total. The van der Waals surface area contributed by atoms with Crippen molar-refractivity contribution in [3.05, 3.63) is 35.6 Å². The van der Waals surface area contributed by atoms with Gasteiger partial charge in [0.05, 0.1) is 0 Å². The Bertz CT molecular complexity index is 286. The molecule has 0 spiro atoms. The van der Waals surface area contributed by atoms with E-state index < -0.39 is 0 Å². The van der Waals surface area contributed by atoms with Gasteiger partial charge in [0, 0.05) is 6.04 Å². The van der Waals surface area contributed by atoms with E-state index in [1.165, 1.54) is 30.7 Å². The molecule has 0 saturated heterocycles. The van der Waals surface area contributed by atoms with Crippen molar-refractivity contribution < 1.29 is 4.39 Å². The topological polar surface area (TPSA) is 12.0 Å². The van der Waals surface area contributed by atoms with Gasteiger partial charge in [0.2, 0.25) is 0 Å². The summed E-state index contributed by atoms with van der Waals surface area (Å²) in [6, 6.07) is 7.02. The highest BCUT2D eigenvalue weighted by Crippen LogP contribution is 2.12. The summed E-state index contributed by atoms with van der Waals surface area (Å²) in [6.45, 7) is 3.14. The lowest BCUT2D eigenvalue weighted by Gasteiger charge is -2.13. The quantitative estimate of drug-likeness (QED) is 0.732. The molecule has 1 aromatic rings. The van der Waals surface area contributed by atoms with Crippen molar-refractivity contribution in [3.8, 4) is 0 Å². The summed E-state index contributed by atoms with van der Waals surface area (Å²) >= 11 is 1.89. The van der Waals surface area contributed by atoms with Gasteiger partial charge in [-0.3, -0.25) is 0 Å². The average molecular weight is 241 g/mol. The summed E-state index contributed by atoms with van der Waals surface area (Å²) in [5.74, 6) is 1.06. The summed E-state index contributed by atoms with van der Waals surface area (Å²) in [6.07, 6.45) is 4.59. The van der Waals surface area contributed by atoms with E-state index in [4.69, 9.17) is 0 Å². The van der Waals surface area contributed by atoms with Crippen molar-refractivity contribution in [3.63, 3.8) is 0 Å². The fourth-order valence-electron chi connectivity index (χ4n) is 1.56. The van der Waals surface area contributed by atoms with Gasteiger partial charge in [-0.05, 0) is 56.0 Å². The highest BCUT2D eigenvalue weighted by atomic mass is 32.2. The maximum absolute atomic E-state index is 12.7. The van der Waals surface area contributed by atoms with Crippen LogP contribution in [0.15, 0.2) is 24.3 Å². The smallest absolute Gasteiger partial charge is 0.123 e. The molecule has 0 aliphatic rings. The third-order valence-corrected chi connectivity index (χ3v) is 3.29. The molecule has 0 heterocycles. The van der Waals surface area contributed by atoms with Crippen LogP contribution in [0.2, 0.25) is 0 Å². The van der Waals surface area contributed by atoms with Crippen molar-refractivity contribution in [2.75, 3.05) is 18.6 Å². The predicted molar refractivity (Wildman–Crippen MR) is 70.4 cm³/mol. The van der Waals surface area contributed by atoms with Crippen LogP contribution in [0.4, 0.5) is 4.39 Å². The molecule has 0 amide bonds. The third-order valence-electron chi connectivity index (χ3n) is 2.60. The Morgan fingerprint density at radius 1 is 1.25 bits per heavy atom. The van der Waals surface area contributed by atoms with Crippen LogP contribution in [0, 0.1) is 5.82 Å². The van der Waals surface area contributed by atoms with Crippen LogP contribution >= 0.6 is 11.8 Å². The lowest BCUT2D eigenvalue weighted by molar-refractivity contribution is 0.553. The molecular weight excluding hydrogens is 221 g/mol. The van der Waals surface area contributed by atoms with E-state index in [1.54, 1.807) is 0 Å². The molecule has 0 saturated carbocycles. The lowest BCUT2D eigenvalue weighted by Crippen LogP contribution is -2.19. The standard InChI is InChI=1S/C13H20FNS/c1-11(15-9-3-4-10-16-2)12-5-7-13(14)8-6-12/h5-8,11,15H,3-4,9-10H2,1-2H3/t11-/m0/s1. The molecule has 0 fully saturated rings. The second kappa shape index (κ2) is 7.69. The number of thioether (sulfide) groups is 1. The summed E-state index contributed by atoms with van der Waals surface area (Å²) in [4.78, 5) is 0. The maximum atomic E-state index is 12.7. The monoisotopic (exact) mass is 241 g/mol. The Hall–Kier alpha value is -0.540. The predicted octanol–water partition coefficient (Wildman–Crippen LogP) is 3.62. The van der Waals surface area contributed by atoms with Crippen LogP contribution in [0.25, 0.3) is 0 Å². The minimum atomic E-state index is -0.170. The van der Waals surface area contributed by atoms with Gasteiger partial charge in [-0.15, -0.1) is 0 Å². The maximum Gasteiger partial charge on any atom is 0.123 e. The number of hydrogen-bond acceptors (Lipinski definition) is 2. The zero-order valence-electron chi connectivity index (χ0n) is 10.0. The summed E-state index contributed by atoms with van der Waals surface area (Å²) < 4.78 is 12.7. The van der Waals surface area contributed by atoms with Gasteiger partial charge in [-0.1, -0.05) is 12.1 Å². The van der Waals surface area contributed by atoms with Crippen molar-refractivity contribution in [2.45, 2.75) is 25.8 Å². The number of unbranched alkanes of at least 4 members (excludes halogenated alkanes) is 1. The Balaban J connectivity index is 2.24. The van der Waals surface area contributed by atoms with E-state index >= 15 is 0 Å². The number of nitrogens with one attached hydrogen (secondary N) is 1. The molecule has 1 atom stereocenters. The molecule has 0 unspecified atom stereocenters. The molecule has 16 heavy (non-hydrogen) atoms. The molecule has 1 nitrogen and oxygen atoms in total. The van der Waals surface area contributed by atoms with Crippen molar-refractivity contribution in [1.82, 2.24) is 5.32 Å². The number of hydrogen-bond donors (Lipinski definition) is 1. The minimum Gasteiger partial charge on any atom is -0.310 e. The molecule has 0 radical (unpaired) electrons. The molecule has 1 rings (SSSR count). The van der Waals surface area contributed by atoms with Crippen LogP contribution in [-0.4, -0.2) is 18.6 Å².